The van der Waals surface area contributed by atoms with Gasteiger partial charge in [-0.25, -0.2) is 0 Å². The summed E-state index contributed by atoms with van der Waals surface area (Å²) in [5.41, 5.74) is 1.13. The molecule has 0 saturated heterocycles. The molecule has 8 heavy (non-hydrogen) atoms. The molecule has 0 aliphatic rings. The van der Waals surface area contributed by atoms with Gasteiger partial charge in [-0.05, 0) is 13.1 Å². The van der Waals surface area contributed by atoms with Crippen LogP contribution in [0.4, 0.5) is 0 Å². The lowest BCUT2D eigenvalue weighted by atomic mass is 10.2. The number of nitrogens with one attached hydrogen (secondary N) is 1. The summed E-state index contributed by atoms with van der Waals surface area (Å²) in [7, 11) is 0. The van der Waals surface area contributed by atoms with E-state index in [9.17, 15) is 0 Å². The summed E-state index contributed by atoms with van der Waals surface area (Å²) >= 11 is 0. The van der Waals surface area contributed by atoms with Gasteiger partial charge in [0.1, 0.15) is 0 Å². The van der Waals surface area contributed by atoms with Crippen LogP contribution in [0.1, 0.15) is 13.3 Å². The van der Waals surface area contributed by atoms with Gasteiger partial charge >= 0.3 is 0 Å². The lowest BCUT2D eigenvalue weighted by Crippen LogP contribution is -1.68. The molecular formula is C7H11N. The third-order valence-electron chi connectivity index (χ3n) is 0.880. The molecule has 0 aliphatic carbocycles. The Balaban J connectivity index is 3.56. The Kier molecular flexibility index (Phi) is 3.85. The number of allylic oxidation sites excluding steroid dienone is 3. The fourth-order valence-electron chi connectivity index (χ4n) is 0.328. The van der Waals surface area contributed by atoms with Crippen molar-refractivity contribution in [1.29, 1.82) is 5.41 Å². The standard InChI is InChI=1S/C7H11N/c1-3-7(2)5-4-6-8/h3,5-6,8H,1,4H2,2H3/b7-5-,8-6?. The first-order chi connectivity index (χ1) is 3.81. The van der Waals surface area contributed by atoms with E-state index in [1.807, 2.05) is 13.0 Å². The van der Waals surface area contributed by atoms with Crippen molar-refractivity contribution in [2.24, 2.45) is 0 Å². The largest absolute Gasteiger partial charge is 0.313 e. The van der Waals surface area contributed by atoms with Gasteiger partial charge in [-0.2, -0.15) is 0 Å². The maximum atomic E-state index is 6.67. The van der Waals surface area contributed by atoms with Crippen molar-refractivity contribution in [3.05, 3.63) is 24.3 Å². The molecule has 0 rings (SSSR count). The Morgan fingerprint density at radius 1 is 1.75 bits per heavy atom. The molecule has 0 unspecified atom stereocenters. The summed E-state index contributed by atoms with van der Waals surface area (Å²) in [5, 5.41) is 6.67. The molecule has 1 heteroatoms. The van der Waals surface area contributed by atoms with Crippen molar-refractivity contribution in [2.45, 2.75) is 13.3 Å². The predicted molar refractivity (Wildman–Crippen MR) is 37.4 cm³/mol. The lowest BCUT2D eigenvalue weighted by Gasteiger charge is -1.84. The first kappa shape index (κ1) is 7.15. The molecule has 0 radical (unpaired) electrons. The highest BCUT2D eigenvalue weighted by atomic mass is 14.3. The summed E-state index contributed by atoms with van der Waals surface area (Å²) in [5.74, 6) is 0. The topological polar surface area (TPSA) is 23.9 Å². The van der Waals surface area contributed by atoms with Gasteiger partial charge in [-0.15, -0.1) is 0 Å². The smallest absolute Gasteiger partial charge is 0.000553 e. The van der Waals surface area contributed by atoms with Crippen molar-refractivity contribution in [3.63, 3.8) is 0 Å². The molecule has 0 aromatic carbocycles. The van der Waals surface area contributed by atoms with Gasteiger partial charge in [0.2, 0.25) is 0 Å². The molecule has 0 aromatic rings. The Bertz CT molecular complexity index is 112. The zero-order valence-corrected chi connectivity index (χ0v) is 5.15. The zero-order chi connectivity index (χ0) is 6.41. The highest BCUT2D eigenvalue weighted by Crippen LogP contribution is 1.92. The molecule has 0 aliphatic heterocycles. The van der Waals surface area contributed by atoms with Crippen LogP contribution in [0.5, 0.6) is 0 Å². The predicted octanol–water partition coefficient (Wildman–Crippen LogP) is 2.16. The van der Waals surface area contributed by atoms with E-state index in [1.165, 1.54) is 6.21 Å². The van der Waals surface area contributed by atoms with E-state index in [0.717, 1.165) is 12.0 Å². The van der Waals surface area contributed by atoms with Crippen LogP contribution in [-0.4, -0.2) is 6.21 Å². The third kappa shape index (κ3) is 3.34. The van der Waals surface area contributed by atoms with Crippen molar-refractivity contribution in [2.75, 3.05) is 0 Å². The minimum Gasteiger partial charge on any atom is -0.313 e. The van der Waals surface area contributed by atoms with Gasteiger partial charge < -0.3 is 5.41 Å². The van der Waals surface area contributed by atoms with E-state index < -0.39 is 0 Å². The molecule has 0 atom stereocenters. The van der Waals surface area contributed by atoms with Gasteiger partial charge in [-0.1, -0.05) is 24.3 Å². The summed E-state index contributed by atoms with van der Waals surface area (Å²) in [4.78, 5) is 0. The zero-order valence-electron chi connectivity index (χ0n) is 5.15. The summed E-state index contributed by atoms with van der Waals surface area (Å²) < 4.78 is 0. The number of rotatable bonds is 3. The molecule has 0 aromatic heterocycles. The molecule has 0 spiro atoms. The van der Waals surface area contributed by atoms with Crippen LogP contribution >= 0.6 is 0 Å². The maximum absolute atomic E-state index is 6.67. The molecule has 1 N–H and O–H groups in total. The maximum Gasteiger partial charge on any atom is 0.000553 e. The van der Waals surface area contributed by atoms with Crippen LogP contribution in [0.2, 0.25) is 0 Å². The molecule has 0 fully saturated rings. The monoisotopic (exact) mass is 109 g/mol. The van der Waals surface area contributed by atoms with E-state index in [2.05, 4.69) is 6.58 Å². The first-order valence-electron chi connectivity index (χ1n) is 2.59. The second kappa shape index (κ2) is 4.31. The van der Waals surface area contributed by atoms with Gasteiger partial charge in [0.15, 0.2) is 0 Å². The third-order valence-corrected chi connectivity index (χ3v) is 0.880. The second-order valence-corrected chi connectivity index (χ2v) is 1.59. The minimum absolute atomic E-state index is 0.720. The minimum atomic E-state index is 0.720. The normalized spacial score (nSPS) is 10.9. The van der Waals surface area contributed by atoms with E-state index in [-0.39, 0.29) is 0 Å². The second-order valence-electron chi connectivity index (χ2n) is 1.59. The summed E-state index contributed by atoms with van der Waals surface area (Å²) in [6, 6.07) is 0. The molecule has 0 saturated carbocycles. The molecule has 1 nitrogen and oxygen atoms in total. The Hall–Kier alpha value is -0.850. The van der Waals surface area contributed by atoms with Gasteiger partial charge in [0, 0.05) is 6.42 Å². The molecule has 0 heterocycles. The van der Waals surface area contributed by atoms with Crippen molar-refractivity contribution in [1.82, 2.24) is 0 Å². The van der Waals surface area contributed by atoms with Crippen LogP contribution in [0.15, 0.2) is 24.3 Å². The van der Waals surface area contributed by atoms with Gasteiger partial charge in [0.25, 0.3) is 0 Å². The van der Waals surface area contributed by atoms with Crippen LogP contribution in [0.3, 0.4) is 0 Å². The van der Waals surface area contributed by atoms with Crippen LogP contribution in [0.25, 0.3) is 0 Å². The van der Waals surface area contributed by atoms with E-state index in [4.69, 9.17) is 5.41 Å². The highest BCUT2D eigenvalue weighted by Gasteiger charge is 1.74. The number of hydrogen-bond acceptors (Lipinski definition) is 1. The average Bonchev–Trinajstić information content (AvgIpc) is 1.83. The van der Waals surface area contributed by atoms with Crippen LogP contribution < -0.4 is 0 Å². The molecule has 0 bridgehead atoms. The van der Waals surface area contributed by atoms with E-state index in [1.54, 1.807) is 6.08 Å². The van der Waals surface area contributed by atoms with Crippen LogP contribution in [-0.2, 0) is 0 Å². The van der Waals surface area contributed by atoms with Gasteiger partial charge in [0.05, 0.1) is 0 Å². The molecule has 44 valence electrons. The van der Waals surface area contributed by atoms with Crippen molar-refractivity contribution in [3.8, 4) is 0 Å². The average molecular weight is 109 g/mol. The fourth-order valence-corrected chi connectivity index (χ4v) is 0.328. The SMILES string of the molecule is C=C/C(C)=C\CC=N. The first-order valence-corrected chi connectivity index (χ1v) is 2.59. The van der Waals surface area contributed by atoms with E-state index >= 15 is 0 Å². The van der Waals surface area contributed by atoms with Crippen molar-refractivity contribution < 1.29 is 0 Å². The number of hydrogen-bond donors (Lipinski definition) is 1. The summed E-state index contributed by atoms with van der Waals surface area (Å²) in [6.07, 6.45) is 5.83. The van der Waals surface area contributed by atoms with Crippen molar-refractivity contribution >= 4 is 6.21 Å². The quantitative estimate of drug-likeness (QED) is 0.424. The highest BCUT2D eigenvalue weighted by molar-refractivity contribution is 5.55. The van der Waals surface area contributed by atoms with E-state index in [0.29, 0.717) is 0 Å². The fraction of sp³-hybridized carbons (Fsp3) is 0.286. The summed E-state index contributed by atoms with van der Waals surface area (Å²) in [6.45, 7) is 5.54. The Morgan fingerprint density at radius 3 is 2.75 bits per heavy atom. The Morgan fingerprint density at radius 2 is 2.38 bits per heavy atom. The van der Waals surface area contributed by atoms with Gasteiger partial charge in [-0.3, -0.25) is 0 Å². The Labute approximate surface area is 50.2 Å². The van der Waals surface area contributed by atoms with Crippen LogP contribution in [0, 0.1) is 5.41 Å². The molecular weight excluding hydrogens is 98.1 g/mol. The molecule has 0 amide bonds. The lowest BCUT2D eigenvalue weighted by molar-refractivity contribution is 1.38.